The number of carbonyl (C=O) groups excluding carboxylic acids is 1. The second-order valence-electron chi connectivity index (χ2n) is 5.63. The van der Waals surface area contributed by atoms with Crippen molar-refractivity contribution in [3.05, 3.63) is 11.4 Å². The number of anilines is 2. The number of aromatic nitrogens is 2. The van der Waals surface area contributed by atoms with Gasteiger partial charge in [0.05, 0.1) is 6.54 Å². The van der Waals surface area contributed by atoms with Crippen molar-refractivity contribution in [3.63, 3.8) is 0 Å². The highest BCUT2D eigenvalue weighted by Gasteiger charge is 2.14. The van der Waals surface area contributed by atoms with E-state index in [9.17, 15) is 4.79 Å². The van der Waals surface area contributed by atoms with Gasteiger partial charge in [-0.2, -0.15) is 0 Å². The minimum Gasteiger partial charge on any atom is -0.370 e. The van der Waals surface area contributed by atoms with E-state index in [1.165, 1.54) is 0 Å². The number of likely N-dealkylation sites (N-methyl/N-ethyl adjacent to an activating group) is 1. The molecule has 6 heteroatoms. The number of rotatable bonds is 7. The second kappa shape index (κ2) is 7.81. The molecule has 6 nitrogen and oxygen atoms in total. The molecule has 0 saturated heterocycles. The first-order valence-corrected chi connectivity index (χ1v) is 7.43. The lowest BCUT2D eigenvalue weighted by Gasteiger charge is -2.17. The highest BCUT2D eigenvalue weighted by Crippen LogP contribution is 2.23. The fourth-order valence-corrected chi connectivity index (χ4v) is 1.70. The third-order valence-electron chi connectivity index (χ3n) is 3.13. The van der Waals surface area contributed by atoms with Crippen molar-refractivity contribution >= 4 is 17.5 Å². The largest absolute Gasteiger partial charge is 0.370 e. The van der Waals surface area contributed by atoms with Crippen molar-refractivity contribution in [2.45, 2.75) is 40.0 Å². The average Bonchev–Trinajstić information content (AvgIpc) is 2.44. The van der Waals surface area contributed by atoms with Crippen molar-refractivity contribution in [2.75, 3.05) is 37.8 Å². The molecule has 0 aromatic carbocycles. The van der Waals surface area contributed by atoms with Gasteiger partial charge in [-0.3, -0.25) is 4.79 Å². The highest BCUT2D eigenvalue weighted by atomic mass is 16.2. The fourth-order valence-electron chi connectivity index (χ4n) is 1.70. The molecule has 0 unspecified atom stereocenters. The van der Waals surface area contributed by atoms with Crippen LogP contribution in [0.3, 0.4) is 0 Å². The number of carbonyl (C=O) groups is 1. The molecule has 1 amide bonds. The van der Waals surface area contributed by atoms with E-state index in [4.69, 9.17) is 0 Å². The SMILES string of the molecule is CCCNc1nc(C(C)C)nc(NCC(=O)N(C)C)c1C. The average molecular weight is 293 g/mol. The molecule has 0 aliphatic rings. The Morgan fingerprint density at radius 3 is 2.24 bits per heavy atom. The van der Waals surface area contributed by atoms with Crippen molar-refractivity contribution in [1.29, 1.82) is 0 Å². The molecule has 0 aliphatic heterocycles. The lowest BCUT2D eigenvalue weighted by Crippen LogP contribution is -2.29. The second-order valence-corrected chi connectivity index (χ2v) is 5.63. The molecule has 1 aromatic rings. The Kier molecular flexibility index (Phi) is 6.39. The standard InChI is InChI=1S/C15H27N5O/c1-7-8-16-14-11(4)15(17-9-12(21)20(5)6)19-13(18-14)10(2)3/h10H,7-9H2,1-6H3,(H2,16,17,18,19). The van der Waals surface area contributed by atoms with Gasteiger partial charge in [-0.15, -0.1) is 0 Å². The lowest BCUT2D eigenvalue weighted by molar-refractivity contribution is -0.126. The number of nitrogens with one attached hydrogen (secondary N) is 2. The van der Waals surface area contributed by atoms with Gasteiger partial charge in [-0.1, -0.05) is 20.8 Å². The summed E-state index contributed by atoms with van der Waals surface area (Å²) in [5, 5.41) is 6.45. The molecule has 0 bridgehead atoms. The Labute approximate surface area is 127 Å². The first-order valence-electron chi connectivity index (χ1n) is 7.43. The number of hydrogen-bond donors (Lipinski definition) is 2. The summed E-state index contributed by atoms with van der Waals surface area (Å²) in [5.74, 6) is 2.59. The smallest absolute Gasteiger partial charge is 0.241 e. The van der Waals surface area contributed by atoms with E-state index < -0.39 is 0 Å². The first-order chi connectivity index (χ1) is 9.86. The highest BCUT2D eigenvalue weighted by molar-refractivity contribution is 5.80. The van der Waals surface area contributed by atoms with Gasteiger partial charge < -0.3 is 15.5 Å². The summed E-state index contributed by atoms with van der Waals surface area (Å²) in [6.07, 6.45) is 1.03. The van der Waals surface area contributed by atoms with E-state index in [0.717, 1.165) is 36.0 Å². The third-order valence-corrected chi connectivity index (χ3v) is 3.13. The zero-order valence-electron chi connectivity index (χ0n) is 13.9. The van der Waals surface area contributed by atoms with Gasteiger partial charge in [0.2, 0.25) is 5.91 Å². The molecule has 21 heavy (non-hydrogen) atoms. The van der Waals surface area contributed by atoms with Gasteiger partial charge in [0.25, 0.3) is 0 Å². The summed E-state index contributed by atoms with van der Waals surface area (Å²) in [6.45, 7) is 9.29. The summed E-state index contributed by atoms with van der Waals surface area (Å²) in [4.78, 5) is 22.4. The Morgan fingerprint density at radius 2 is 1.76 bits per heavy atom. The fraction of sp³-hybridized carbons (Fsp3) is 0.667. The molecule has 0 radical (unpaired) electrons. The monoisotopic (exact) mass is 293 g/mol. The molecule has 1 rings (SSSR count). The number of nitrogens with zero attached hydrogens (tertiary/aromatic N) is 3. The van der Waals surface area contributed by atoms with Crippen LogP contribution in [0.2, 0.25) is 0 Å². The van der Waals surface area contributed by atoms with Crippen molar-refractivity contribution in [3.8, 4) is 0 Å². The number of amides is 1. The maximum Gasteiger partial charge on any atom is 0.241 e. The van der Waals surface area contributed by atoms with Gasteiger partial charge in [0, 0.05) is 32.1 Å². The Morgan fingerprint density at radius 1 is 1.19 bits per heavy atom. The Hall–Kier alpha value is -1.85. The van der Waals surface area contributed by atoms with Gasteiger partial charge >= 0.3 is 0 Å². The van der Waals surface area contributed by atoms with E-state index in [-0.39, 0.29) is 18.4 Å². The summed E-state index contributed by atoms with van der Waals surface area (Å²) < 4.78 is 0. The molecule has 0 atom stereocenters. The van der Waals surface area contributed by atoms with Crippen LogP contribution in [0, 0.1) is 6.92 Å². The zero-order chi connectivity index (χ0) is 16.0. The Balaban J connectivity index is 2.99. The molecule has 1 aromatic heterocycles. The first kappa shape index (κ1) is 17.2. The summed E-state index contributed by atoms with van der Waals surface area (Å²) >= 11 is 0. The van der Waals surface area contributed by atoms with E-state index in [1.54, 1.807) is 19.0 Å². The van der Waals surface area contributed by atoms with Crippen LogP contribution in [0.15, 0.2) is 0 Å². The maximum atomic E-state index is 11.7. The molecule has 0 saturated carbocycles. The van der Waals surface area contributed by atoms with Crippen LogP contribution in [0.5, 0.6) is 0 Å². The predicted molar refractivity (Wildman–Crippen MR) is 86.8 cm³/mol. The lowest BCUT2D eigenvalue weighted by atomic mass is 10.2. The van der Waals surface area contributed by atoms with E-state index in [1.807, 2.05) is 6.92 Å². The van der Waals surface area contributed by atoms with Crippen LogP contribution in [-0.4, -0.2) is 48.0 Å². The van der Waals surface area contributed by atoms with E-state index >= 15 is 0 Å². The third kappa shape index (κ3) is 4.88. The van der Waals surface area contributed by atoms with Crippen LogP contribution in [0.25, 0.3) is 0 Å². The van der Waals surface area contributed by atoms with Crippen LogP contribution in [0.4, 0.5) is 11.6 Å². The molecule has 0 aliphatic carbocycles. The Bertz CT molecular complexity index is 485. The van der Waals surface area contributed by atoms with Gasteiger partial charge in [0.15, 0.2) is 0 Å². The van der Waals surface area contributed by atoms with E-state index in [2.05, 4.69) is 41.4 Å². The van der Waals surface area contributed by atoms with Crippen LogP contribution in [-0.2, 0) is 4.79 Å². The number of hydrogen-bond acceptors (Lipinski definition) is 5. The van der Waals surface area contributed by atoms with E-state index in [0.29, 0.717) is 0 Å². The molecule has 0 fully saturated rings. The van der Waals surface area contributed by atoms with Crippen molar-refractivity contribution in [2.24, 2.45) is 0 Å². The van der Waals surface area contributed by atoms with Crippen LogP contribution >= 0.6 is 0 Å². The minimum absolute atomic E-state index is 0.0159. The zero-order valence-corrected chi connectivity index (χ0v) is 13.9. The van der Waals surface area contributed by atoms with Gasteiger partial charge in [-0.25, -0.2) is 9.97 Å². The molecular weight excluding hydrogens is 266 g/mol. The molecule has 2 N–H and O–H groups in total. The van der Waals surface area contributed by atoms with Crippen LogP contribution < -0.4 is 10.6 Å². The normalized spacial score (nSPS) is 10.6. The van der Waals surface area contributed by atoms with Crippen molar-refractivity contribution < 1.29 is 4.79 Å². The topological polar surface area (TPSA) is 70.1 Å². The molecule has 118 valence electrons. The summed E-state index contributed by atoms with van der Waals surface area (Å²) in [5.41, 5.74) is 0.944. The quantitative estimate of drug-likeness (QED) is 0.807. The minimum atomic E-state index is 0.0159. The van der Waals surface area contributed by atoms with Crippen molar-refractivity contribution in [1.82, 2.24) is 14.9 Å². The maximum absolute atomic E-state index is 11.7. The van der Waals surface area contributed by atoms with Gasteiger partial charge in [0.1, 0.15) is 17.5 Å². The predicted octanol–water partition coefficient (Wildman–Crippen LogP) is 2.23. The van der Waals surface area contributed by atoms with Crippen LogP contribution in [0.1, 0.15) is 44.5 Å². The molecule has 0 spiro atoms. The molecule has 1 heterocycles. The van der Waals surface area contributed by atoms with Gasteiger partial charge in [-0.05, 0) is 13.3 Å². The summed E-state index contributed by atoms with van der Waals surface area (Å²) in [6, 6.07) is 0. The summed E-state index contributed by atoms with van der Waals surface area (Å²) in [7, 11) is 3.48. The molecular formula is C15H27N5O.